The number of benzene rings is 1. The first-order chi connectivity index (χ1) is 9.72. The van der Waals surface area contributed by atoms with E-state index in [2.05, 4.69) is 36.1 Å². The summed E-state index contributed by atoms with van der Waals surface area (Å²) in [5.74, 6) is 1.21. The van der Waals surface area contributed by atoms with Gasteiger partial charge in [-0.15, -0.1) is 0 Å². The molecule has 2 rings (SSSR count). The van der Waals surface area contributed by atoms with Crippen LogP contribution in [0.15, 0.2) is 24.3 Å². The van der Waals surface area contributed by atoms with Gasteiger partial charge in [0, 0.05) is 20.3 Å². The smallest absolute Gasteiger partial charge is 0.0491 e. The number of nitrogens with zero attached hydrogens (tertiary/aromatic N) is 1. The Balaban J connectivity index is 1.82. The largest absolute Gasteiger partial charge is 0.384 e. The normalized spacial score (nSPS) is 19.1. The van der Waals surface area contributed by atoms with Crippen LogP contribution in [0.1, 0.15) is 36.8 Å². The van der Waals surface area contributed by atoms with E-state index in [1.807, 2.05) is 0 Å². The molecular formula is C17H28N2O. The van der Waals surface area contributed by atoms with Crippen LogP contribution in [0.25, 0.3) is 0 Å². The topological polar surface area (TPSA) is 38.5 Å². The molecule has 0 spiro atoms. The zero-order valence-electron chi connectivity index (χ0n) is 12.8. The Morgan fingerprint density at radius 2 is 1.90 bits per heavy atom. The number of rotatable bonds is 6. The Bertz CT molecular complexity index is 382. The summed E-state index contributed by atoms with van der Waals surface area (Å²) in [5.41, 5.74) is 8.46. The lowest BCUT2D eigenvalue weighted by Crippen LogP contribution is -2.34. The minimum atomic E-state index is 0.453. The van der Waals surface area contributed by atoms with Crippen molar-refractivity contribution in [3.05, 3.63) is 35.4 Å². The molecule has 0 bridgehead atoms. The van der Waals surface area contributed by atoms with Gasteiger partial charge >= 0.3 is 0 Å². The molecule has 0 aromatic heterocycles. The summed E-state index contributed by atoms with van der Waals surface area (Å²) in [5, 5.41) is 0. The maximum Gasteiger partial charge on any atom is 0.0491 e. The summed E-state index contributed by atoms with van der Waals surface area (Å²) in [6.07, 6.45) is 2.52. The Labute approximate surface area is 123 Å². The van der Waals surface area contributed by atoms with Gasteiger partial charge in [-0.3, -0.25) is 4.90 Å². The Morgan fingerprint density at radius 1 is 1.25 bits per heavy atom. The third-order valence-corrected chi connectivity index (χ3v) is 4.42. The van der Waals surface area contributed by atoms with Gasteiger partial charge in [0.05, 0.1) is 0 Å². The van der Waals surface area contributed by atoms with E-state index in [9.17, 15) is 0 Å². The van der Waals surface area contributed by atoms with E-state index >= 15 is 0 Å². The highest BCUT2D eigenvalue weighted by atomic mass is 16.5. The predicted octanol–water partition coefficient (Wildman–Crippen LogP) is 2.61. The molecule has 0 aliphatic carbocycles. The standard InChI is InChI=1S/C17H28N2O/c1-14(11-18)17-5-3-15(4-6-17)12-19-9-7-16(8-10-19)13-20-2/h3-6,14,16H,7-13,18H2,1-2H3. The van der Waals surface area contributed by atoms with Crippen LogP contribution in [0.5, 0.6) is 0 Å². The van der Waals surface area contributed by atoms with Crippen molar-refractivity contribution in [2.75, 3.05) is 33.4 Å². The lowest BCUT2D eigenvalue weighted by atomic mass is 9.97. The molecule has 1 aliphatic heterocycles. The van der Waals surface area contributed by atoms with Crippen LogP contribution in [0.4, 0.5) is 0 Å². The molecule has 1 aliphatic rings. The molecule has 1 saturated heterocycles. The second-order valence-electron chi connectivity index (χ2n) is 6.05. The second kappa shape index (κ2) is 7.77. The van der Waals surface area contributed by atoms with Gasteiger partial charge in [-0.1, -0.05) is 31.2 Å². The monoisotopic (exact) mass is 276 g/mol. The van der Waals surface area contributed by atoms with Crippen LogP contribution in [-0.2, 0) is 11.3 Å². The summed E-state index contributed by atoms with van der Waals surface area (Å²) in [4.78, 5) is 2.55. The number of ether oxygens (including phenoxy) is 1. The molecular weight excluding hydrogens is 248 g/mol. The van der Waals surface area contributed by atoms with Gasteiger partial charge in [-0.05, 0) is 55.4 Å². The molecule has 3 nitrogen and oxygen atoms in total. The highest BCUT2D eigenvalue weighted by Crippen LogP contribution is 2.20. The SMILES string of the molecule is COCC1CCN(Cc2ccc(C(C)CN)cc2)CC1. The van der Waals surface area contributed by atoms with Crippen molar-refractivity contribution < 1.29 is 4.74 Å². The van der Waals surface area contributed by atoms with Crippen LogP contribution in [0.3, 0.4) is 0 Å². The molecule has 0 saturated carbocycles. The number of methoxy groups -OCH3 is 1. The lowest BCUT2D eigenvalue weighted by molar-refractivity contribution is 0.0968. The Hall–Kier alpha value is -0.900. The predicted molar refractivity (Wildman–Crippen MR) is 83.8 cm³/mol. The molecule has 1 heterocycles. The number of likely N-dealkylation sites (tertiary alicyclic amines) is 1. The number of piperidine rings is 1. The van der Waals surface area contributed by atoms with Crippen molar-refractivity contribution in [1.82, 2.24) is 4.90 Å². The number of nitrogens with two attached hydrogens (primary N) is 1. The average molecular weight is 276 g/mol. The van der Waals surface area contributed by atoms with Crippen molar-refractivity contribution in [2.45, 2.75) is 32.2 Å². The van der Waals surface area contributed by atoms with Crippen LogP contribution >= 0.6 is 0 Å². The number of hydrogen-bond acceptors (Lipinski definition) is 3. The number of hydrogen-bond donors (Lipinski definition) is 1. The summed E-state index contributed by atoms with van der Waals surface area (Å²) in [6.45, 7) is 7.25. The second-order valence-corrected chi connectivity index (χ2v) is 6.05. The van der Waals surface area contributed by atoms with Gasteiger partial charge in [0.25, 0.3) is 0 Å². The van der Waals surface area contributed by atoms with Gasteiger partial charge < -0.3 is 10.5 Å². The molecule has 1 unspecified atom stereocenters. The van der Waals surface area contributed by atoms with Gasteiger partial charge in [0.2, 0.25) is 0 Å². The zero-order chi connectivity index (χ0) is 14.4. The fourth-order valence-corrected chi connectivity index (χ4v) is 2.89. The molecule has 20 heavy (non-hydrogen) atoms. The zero-order valence-corrected chi connectivity index (χ0v) is 12.8. The molecule has 1 aromatic rings. The van der Waals surface area contributed by atoms with Crippen LogP contribution in [0, 0.1) is 5.92 Å². The fraction of sp³-hybridized carbons (Fsp3) is 0.647. The van der Waals surface area contributed by atoms with E-state index in [1.54, 1.807) is 7.11 Å². The molecule has 1 aromatic carbocycles. The minimum absolute atomic E-state index is 0.453. The summed E-state index contributed by atoms with van der Waals surface area (Å²) < 4.78 is 5.25. The average Bonchev–Trinajstić information content (AvgIpc) is 2.49. The maximum absolute atomic E-state index is 5.71. The molecule has 1 fully saturated rings. The van der Waals surface area contributed by atoms with Crippen molar-refractivity contribution in [3.8, 4) is 0 Å². The first-order valence-corrected chi connectivity index (χ1v) is 7.73. The molecule has 3 heteroatoms. The summed E-state index contributed by atoms with van der Waals surface area (Å²) >= 11 is 0. The van der Waals surface area contributed by atoms with Gasteiger partial charge in [0.1, 0.15) is 0 Å². The van der Waals surface area contributed by atoms with Crippen molar-refractivity contribution in [2.24, 2.45) is 11.7 Å². The van der Waals surface area contributed by atoms with E-state index in [4.69, 9.17) is 10.5 Å². The minimum Gasteiger partial charge on any atom is -0.384 e. The quantitative estimate of drug-likeness (QED) is 0.868. The van der Waals surface area contributed by atoms with Crippen LogP contribution in [0.2, 0.25) is 0 Å². The maximum atomic E-state index is 5.71. The van der Waals surface area contributed by atoms with Crippen molar-refractivity contribution >= 4 is 0 Å². The van der Waals surface area contributed by atoms with Gasteiger partial charge in [-0.2, -0.15) is 0 Å². The van der Waals surface area contributed by atoms with Crippen LogP contribution in [-0.4, -0.2) is 38.3 Å². The van der Waals surface area contributed by atoms with E-state index in [-0.39, 0.29) is 0 Å². The van der Waals surface area contributed by atoms with Crippen LogP contribution < -0.4 is 5.73 Å². The molecule has 112 valence electrons. The highest BCUT2D eigenvalue weighted by Gasteiger charge is 2.18. The highest BCUT2D eigenvalue weighted by molar-refractivity contribution is 5.25. The van der Waals surface area contributed by atoms with Gasteiger partial charge in [-0.25, -0.2) is 0 Å². The molecule has 0 radical (unpaired) electrons. The summed E-state index contributed by atoms with van der Waals surface area (Å²) in [7, 11) is 1.80. The fourth-order valence-electron chi connectivity index (χ4n) is 2.89. The first kappa shape index (κ1) is 15.5. The Kier molecular flexibility index (Phi) is 6.02. The Morgan fingerprint density at radius 3 is 2.45 bits per heavy atom. The van der Waals surface area contributed by atoms with Crippen molar-refractivity contribution in [1.29, 1.82) is 0 Å². The first-order valence-electron chi connectivity index (χ1n) is 7.73. The van der Waals surface area contributed by atoms with Crippen molar-refractivity contribution in [3.63, 3.8) is 0 Å². The van der Waals surface area contributed by atoms with Gasteiger partial charge in [0.15, 0.2) is 0 Å². The van der Waals surface area contributed by atoms with E-state index < -0.39 is 0 Å². The molecule has 1 atom stereocenters. The summed E-state index contributed by atoms with van der Waals surface area (Å²) in [6, 6.07) is 8.96. The lowest BCUT2D eigenvalue weighted by Gasteiger charge is -2.31. The van der Waals surface area contributed by atoms with E-state index in [1.165, 1.54) is 37.1 Å². The third-order valence-electron chi connectivity index (χ3n) is 4.42. The molecule has 0 amide bonds. The molecule has 2 N–H and O–H groups in total. The van der Waals surface area contributed by atoms with E-state index in [0.29, 0.717) is 12.5 Å². The third kappa shape index (κ3) is 4.30. The van der Waals surface area contributed by atoms with E-state index in [0.717, 1.165) is 19.1 Å².